The molecule has 0 saturated heterocycles. The monoisotopic (exact) mass is 298 g/mol. The molecule has 0 radical (unpaired) electrons. The maximum atomic E-state index is 13.6. The van der Waals surface area contributed by atoms with Gasteiger partial charge in [-0.25, -0.2) is 13.8 Å². The van der Waals surface area contributed by atoms with Crippen LogP contribution in [0.15, 0.2) is 30.3 Å². The number of halogens is 3. The van der Waals surface area contributed by atoms with Crippen LogP contribution in [0.3, 0.4) is 0 Å². The molecule has 2 rings (SSSR count). The summed E-state index contributed by atoms with van der Waals surface area (Å²) in [5.41, 5.74) is 6.42. The SMILES string of the molecule is COc1ccc(C(F)CN)nc1-c1ccc(F)c(Cl)c1. The van der Waals surface area contributed by atoms with E-state index in [1.807, 2.05) is 0 Å². The van der Waals surface area contributed by atoms with E-state index in [4.69, 9.17) is 22.1 Å². The molecule has 0 fully saturated rings. The van der Waals surface area contributed by atoms with Crippen molar-refractivity contribution in [2.45, 2.75) is 6.17 Å². The largest absolute Gasteiger partial charge is 0.494 e. The predicted octanol–water partition coefficient (Wildman–Crippen LogP) is 3.52. The topological polar surface area (TPSA) is 48.1 Å². The van der Waals surface area contributed by atoms with Gasteiger partial charge in [0.25, 0.3) is 0 Å². The molecular weight excluding hydrogens is 286 g/mol. The first kappa shape index (κ1) is 14.7. The fourth-order valence-electron chi connectivity index (χ4n) is 1.77. The van der Waals surface area contributed by atoms with Crippen molar-refractivity contribution in [3.05, 3.63) is 46.9 Å². The zero-order valence-electron chi connectivity index (χ0n) is 10.7. The summed E-state index contributed by atoms with van der Waals surface area (Å²) in [6, 6.07) is 7.25. The average Bonchev–Trinajstić information content (AvgIpc) is 2.48. The number of rotatable bonds is 4. The van der Waals surface area contributed by atoms with Gasteiger partial charge in [-0.05, 0) is 30.3 Å². The molecule has 106 valence electrons. The van der Waals surface area contributed by atoms with Gasteiger partial charge in [0.15, 0.2) is 6.17 Å². The quantitative estimate of drug-likeness (QED) is 0.939. The Labute approximate surface area is 120 Å². The van der Waals surface area contributed by atoms with Gasteiger partial charge in [0, 0.05) is 12.1 Å². The maximum absolute atomic E-state index is 13.6. The van der Waals surface area contributed by atoms with Gasteiger partial charge in [-0.1, -0.05) is 11.6 Å². The van der Waals surface area contributed by atoms with Gasteiger partial charge >= 0.3 is 0 Å². The second-order valence-corrected chi connectivity index (χ2v) is 4.53. The molecule has 20 heavy (non-hydrogen) atoms. The van der Waals surface area contributed by atoms with Crippen LogP contribution in [0.1, 0.15) is 11.9 Å². The van der Waals surface area contributed by atoms with Crippen molar-refractivity contribution >= 4 is 11.6 Å². The van der Waals surface area contributed by atoms with Crippen molar-refractivity contribution in [1.82, 2.24) is 4.98 Å². The summed E-state index contributed by atoms with van der Waals surface area (Å²) >= 11 is 5.75. The number of aromatic nitrogens is 1. The minimum Gasteiger partial charge on any atom is -0.494 e. The van der Waals surface area contributed by atoms with Gasteiger partial charge in [-0.15, -0.1) is 0 Å². The van der Waals surface area contributed by atoms with Crippen molar-refractivity contribution in [2.75, 3.05) is 13.7 Å². The first-order chi connectivity index (χ1) is 9.56. The summed E-state index contributed by atoms with van der Waals surface area (Å²) < 4.78 is 32.0. The Morgan fingerprint density at radius 3 is 2.70 bits per heavy atom. The molecule has 1 aromatic carbocycles. The van der Waals surface area contributed by atoms with Crippen LogP contribution in [0.2, 0.25) is 5.02 Å². The Morgan fingerprint density at radius 2 is 2.10 bits per heavy atom. The normalized spacial score (nSPS) is 12.2. The Balaban J connectivity index is 2.54. The lowest BCUT2D eigenvalue weighted by Crippen LogP contribution is -2.09. The van der Waals surface area contributed by atoms with Crippen LogP contribution >= 0.6 is 11.6 Å². The molecule has 1 aromatic heterocycles. The Bertz CT molecular complexity index is 622. The third-order valence-electron chi connectivity index (χ3n) is 2.82. The third kappa shape index (κ3) is 2.89. The summed E-state index contributed by atoms with van der Waals surface area (Å²) in [6.07, 6.45) is -1.37. The molecule has 0 aliphatic carbocycles. The van der Waals surface area contributed by atoms with Crippen LogP contribution in [-0.4, -0.2) is 18.6 Å². The van der Waals surface area contributed by atoms with Gasteiger partial charge in [-0.2, -0.15) is 0 Å². The van der Waals surface area contributed by atoms with E-state index < -0.39 is 12.0 Å². The molecular formula is C14H13ClF2N2O. The molecule has 1 heterocycles. The van der Waals surface area contributed by atoms with Crippen LogP contribution in [0, 0.1) is 5.82 Å². The van der Waals surface area contributed by atoms with Crippen molar-refractivity contribution < 1.29 is 13.5 Å². The van der Waals surface area contributed by atoms with Crippen molar-refractivity contribution in [2.24, 2.45) is 5.73 Å². The van der Waals surface area contributed by atoms with Gasteiger partial charge in [0.2, 0.25) is 0 Å². The van der Waals surface area contributed by atoms with Crippen LogP contribution in [0.4, 0.5) is 8.78 Å². The second kappa shape index (κ2) is 6.15. The minimum atomic E-state index is -1.37. The van der Waals surface area contributed by atoms with Crippen LogP contribution < -0.4 is 10.5 Å². The van der Waals surface area contributed by atoms with Crippen molar-refractivity contribution in [1.29, 1.82) is 0 Å². The van der Waals surface area contributed by atoms with Gasteiger partial charge in [0.05, 0.1) is 17.8 Å². The van der Waals surface area contributed by atoms with Crippen molar-refractivity contribution in [3.63, 3.8) is 0 Å². The highest BCUT2D eigenvalue weighted by Gasteiger charge is 2.15. The lowest BCUT2D eigenvalue weighted by atomic mass is 10.1. The highest BCUT2D eigenvalue weighted by molar-refractivity contribution is 6.31. The number of hydrogen-bond acceptors (Lipinski definition) is 3. The maximum Gasteiger partial charge on any atom is 0.154 e. The number of nitrogens with two attached hydrogens (primary N) is 1. The molecule has 2 N–H and O–H groups in total. The van der Waals surface area contributed by atoms with E-state index in [1.165, 1.54) is 31.4 Å². The number of methoxy groups -OCH3 is 1. The van der Waals surface area contributed by atoms with Gasteiger partial charge < -0.3 is 10.5 Å². The number of nitrogens with zero attached hydrogens (tertiary/aromatic N) is 1. The zero-order valence-corrected chi connectivity index (χ0v) is 11.5. The van der Waals surface area contributed by atoms with E-state index in [9.17, 15) is 8.78 Å². The molecule has 0 bridgehead atoms. The highest BCUT2D eigenvalue weighted by Crippen LogP contribution is 2.32. The fourth-order valence-corrected chi connectivity index (χ4v) is 1.95. The Kier molecular flexibility index (Phi) is 4.52. The van der Waals surface area contributed by atoms with Gasteiger partial charge in [-0.3, -0.25) is 0 Å². The summed E-state index contributed by atoms with van der Waals surface area (Å²) in [6.45, 7) is -0.164. The summed E-state index contributed by atoms with van der Waals surface area (Å²) in [5.74, 6) is -0.0866. The average molecular weight is 299 g/mol. The van der Waals surface area contributed by atoms with Gasteiger partial charge in [0.1, 0.15) is 17.3 Å². The first-order valence-electron chi connectivity index (χ1n) is 5.91. The molecule has 0 saturated carbocycles. The second-order valence-electron chi connectivity index (χ2n) is 4.12. The fraction of sp³-hybridized carbons (Fsp3) is 0.214. The number of hydrogen-bond donors (Lipinski definition) is 1. The summed E-state index contributed by atoms with van der Waals surface area (Å²) in [7, 11) is 1.47. The van der Waals surface area contributed by atoms with E-state index in [0.717, 1.165) is 0 Å². The molecule has 0 spiro atoms. The first-order valence-corrected chi connectivity index (χ1v) is 6.29. The van der Waals surface area contributed by atoms with E-state index in [2.05, 4.69) is 4.98 Å². The lowest BCUT2D eigenvalue weighted by Gasteiger charge is -2.12. The number of alkyl halides is 1. The number of ether oxygens (including phenoxy) is 1. The predicted molar refractivity (Wildman–Crippen MR) is 74.1 cm³/mol. The third-order valence-corrected chi connectivity index (χ3v) is 3.11. The molecule has 1 unspecified atom stereocenters. The highest BCUT2D eigenvalue weighted by atomic mass is 35.5. The molecule has 0 aliphatic rings. The molecule has 0 amide bonds. The number of pyridine rings is 1. The molecule has 3 nitrogen and oxygen atoms in total. The van der Waals surface area contributed by atoms with Crippen LogP contribution in [0.5, 0.6) is 5.75 Å². The van der Waals surface area contributed by atoms with E-state index >= 15 is 0 Å². The Hall–Kier alpha value is -1.72. The number of benzene rings is 1. The Morgan fingerprint density at radius 1 is 1.35 bits per heavy atom. The minimum absolute atomic E-state index is 0.0348. The van der Waals surface area contributed by atoms with Crippen molar-refractivity contribution in [3.8, 4) is 17.0 Å². The molecule has 2 aromatic rings. The summed E-state index contributed by atoms with van der Waals surface area (Å²) in [4.78, 5) is 4.19. The van der Waals surface area contributed by atoms with Crippen LogP contribution in [-0.2, 0) is 0 Å². The molecule has 1 atom stereocenters. The van der Waals surface area contributed by atoms with Crippen LogP contribution in [0.25, 0.3) is 11.3 Å². The smallest absolute Gasteiger partial charge is 0.154 e. The molecule has 0 aliphatic heterocycles. The lowest BCUT2D eigenvalue weighted by molar-refractivity contribution is 0.344. The molecule has 6 heteroatoms. The zero-order chi connectivity index (χ0) is 14.7. The summed E-state index contributed by atoms with van der Waals surface area (Å²) in [5, 5.41) is -0.0348. The van der Waals surface area contributed by atoms with E-state index in [1.54, 1.807) is 6.07 Å². The standard InChI is InChI=1S/C14H13ClF2N2O/c1-20-13-5-4-12(11(17)7-18)19-14(13)8-2-3-10(16)9(15)6-8/h2-6,11H,7,18H2,1H3. The van der Waals surface area contributed by atoms with E-state index in [0.29, 0.717) is 17.0 Å². The van der Waals surface area contributed by atoms with E-state index in [-0.39, 0.29) is 17.3 Å².